The van der Waals surface area contributed by atoms with Crippen LogP contribution in [0.5, 0.6) is 0 Å². The lowest BCUT2D eigenvalue weighted by Crippen LogP contribution is -1.93. The lowest BCUT2D eigenvalue weighted by Gasteiger charge is -2.05. The zero-order valence-corrected chi connectivity index (χ0v) is 12.2. The monoisotopic (exact) mass is 277 g/mol. The molecule has 1 rings (SSSR count). The van der Waals surface area contributed by atoms with Gasteiger partial charge in [-0.3, -0.25) is 9.98 Å². The van der Waals surface area contributed by atoms with E-state index in [2.05, 4.69) is 34.7 Å². The van der Waals surface area contributed by atoms with Crippen LogP contribution in [0.2, 0.25) is 0 Å². The Morgan fingerprint density at radius 2 is 1.52 bits per heavy atom. The number of nitrogens with zero attached hydrogens (tertiary/aromatic N) is 3. The number of aromatic nitrogens is 1. The van der Waals surface area contributed by atoms with Crippen LogP contribution in [0.15, 0.2) is 78.3 Å². The Morgan fingerprint density at radius 1 is 0.952 bits per heavy atom. The van der Waals surface area contributed by atoms with Gasteiger partial charge in [-0.2, -0.15) is 0 Å². The largest absolute Gasteiger partial charge is 0.255 e. The van der Waals surface area contributed by atoms with Gasteiger partial charge in [-0.05, 0) is 25.1 Å². The summed E-state index contributed by atoms with van der Waals surface area (Å²) in [5.41, 5.74) is 3.02. The quantitative estimate of drug-likeness (QED) is 0.534. The third-order valence-electron chi connectivity index (χ3n) is 2.46. The van der Waals surface area contributed by atoms with E-state index in [1.54, 1.807) is 36.7 Å². The third kappa shape index (κ3) is 4.99. The highest BCUT2D eigenvalue weighted by molar-refractivity contribution is 5.81. The van der Waals surface area contributed by atoms with E-state index >= 15 is 0 Å². The summed E-state index contributed by atoms with van der Waals surface area (Å²) in [5.74, 6) is 0. The second-order valence-corrected chi connectivity index (χ2v) is 3.90. The number of rotatable bonds is 7. The van der Waals surface area contributed by atoms with Gasteiger partial charge in [-0.25, -0.2) is 4.98 Å². The van der Waals surface area contributed by atoms with Gasteiger partial charge in [0.2, 0.25) is 0 Å². The molecule has 0 N–H and O–H groups in total. The summed E-state index contributed by atoms with van der Waals surface area (Å²) in [6, 6.07) is 5.72. The molecule has 0 saturated carbocycles. The molecule has 0 amide bonds. The number of hydrogen-bond acceptors (Lipinski definition) is 3. The summed E-state index contributed by atoms with van der Waals surface area (Å²) in [4.78, 5) is 13.2. The summed E-state index contributed by atoms with van der Waals surface area (Å²) in [6.07, 6.45) is 11.9. The second-order valence-electron chi connectivity index (χ2n) is 3.90. The van der Waals surface area contributed by atoms with E-state index in [4.69, 9.17) is 0 Å². The van der Waals surface area contributed by atoms with Gasteiger partial charge < -0.3 is 0 Å². The minimum Gasteiger partial charge on any atom is -0.255 e. The molecule has 0 aliphatic carbocycles. The first kappa shape index (κ1) is 16.2. The van der Waals surface area contributed by atoms with E-state index in [1.165, 1.54) is 0 Å². The summed E-state index contributed by atoms with van der Waals surface area (Å²) < 4.78 is 0. The Balaban J connectivity index is 3.25. The molecule has 1 heterocycles. The lowest BCUT2D eigenvalue weighted by atomic mass is 10.2. The number of aliphatic imine (C=N–C) groups is 2. The Kier molecular flexibility index (Phi) is 7.08. The van der Waals surface area contributed by atoms with Gasteiger partial charge in [-0.15, -0.1) is 0 Å². The van der Waals surface area contributed by atoms with E-state index in [0.29, 0.717) is 0 Å². The fourth-order valence-corrected chi connectivity index (χ4v) is 1.58. The molecule has 0 spiro atoms. The minimum absolute atomic E-state index is 0.718. The number of allylic oxidation sites excluding steroid dienone is 5. The van der Waals surface area contributed by atoms with Crippen molar-refractivity contribution in [3.63, 3.8) is 0 Å². The van der Waals surface area contributed by atoms with Gasteiger partial charge in [-0.1, -0.05) is 50.1 Å². The van der Waals surface area contributed by atoms with E-state index in [-0.39, 0.29) is 0 Å². The molecule has 106 valence electrons. The summed E-state index contributed by atoms with van der Waals surface area (Å²) >= 11 is 0. The third-order valence-corrected chi connectivity index (χ3v) is 2.46. The van der Waals surface area contributed by atoms with Gasteiger partial charge in [0.1, 0.15) is 0 Å². The normalized spacial score (nSPS) is 12.8. The molecule has 0 unspecified atom stereocenters. The van der Waals surface area contributed by atoms with Crippen LogP contribution in [0.4, 0.5) is 0 Å². The molecule has 0 aromatic carbocycles. The summed E-state index contributed by atoms with van der Waals surface area (Å²) in [5, 5.41) is 0. The zero-order chi connectivity index (χ0) is 15.5. The molecule has 21 heavy (non-hydrogen) atoms. The van der Waals surface area contributed by atoms with Crippen molar-refractivity contribution in [1.29, 1.82) is 0 Å². The van der Waals surface area contributed by atoms with Crippen molar-refractivity contribution in [1.82, 2.24) is 4.98 Å². The van der Waals surface area contributed by atoms with Crippen LogP contribution >= 0.6 is 0 Å². The van der Waals surface area contributed by atoms with E-state index in [1.807, 2.05) is 31.2 Å². The van der Waals surface area contributed by atoms with Gasteiger partial charge in [0, 0.05) is 12.4 Å². The van der Waals surface area contributed by atoms with E-state index in [0.717, 1.165) is 22.8 Å². The van der Waals surface area contributed by atoms with Gasteiger partial charge >= 0.3 is 0 Å². The molecule has 0 aliphatic heterocycles. The molecule has 0 atom stereocenters. The van der Waals surface area contributed by atoms with Gasteiger partial charge in [0.05, 0.1) is 22.8 Å². The maximum atomic E-state index is 4.59. The minimum atomic E-state index is 0.718. The Labute approximate surface area is 126 Å². The van der Waals surface area contributed by atoms with Crippen molar-refractivity contribution in [2.75, 3.05) is 0 Å². The fraction of sp³-hybridized carbons (Fsp3) is 0.0556. The van der Waals surface area contributed by atoms with Crippen LogP contribution in [0.25, 0.3) is 11.4 Å². The molecule has 0 fully saturated rings. The number of hydrogen-bond donors (Lipinski definition) is 0. The highest BCUT2D eigenvalue weighted by Crippen LogP contribution is 2.18. The molecule has 1 aromatic heterocycles. The molecule has 1 aromatic rings. The topological polar surface area (TPSA) is 37.6 Å². The van der Waals surface area contributed by atoms with Crippen molar-refractivity contribution in [2.24, 2.45) is 9.98 Å². The average molecular weight is 277 g/mol. The maximum absolute atomic E-state index is 4.59. The molecule has 0 aliphatic rings. The van der Waals surface area contributed by atoms with E-state index < -0.39 is 0 Å². The average Bonchev–Trinajstić information content (AvgIpc) is 2.52. The van der Waals surface area contributed by atoms with Gasteiger partial charge in [0.25, 0.3) is 0 Å². The number of pyridine rings is 1. The van der Waals surface area contributed by atoms with Crippen molar-refractivity contribution < 1.29 is 0 Å². The van der Waals surface area contributed by atoms with Crippen LogP contribution in [0, 0.1) is 0 Å². The predicted molar refractivity (Wildman–Crippen MR) is 93.4 cm³/mol. The SMILES string of the molecule is C=CC=N/C(=C\C)c1cccc(/C(=C/C=C)N=CC=C)n1. The fourth-order valence-electron chi connectivity index (χ4n) is 1.58. The molecular weight excluding hydrogens is 258 g/mol. The smallest absolute Gasteiger partial charge is 0.0894 e. The standard InChI is InChI=1S/C18H19N3/c1-5-10-16(20-14-7-3)18-12-9-11-17(21-18)15(8-4)19-13-6-2/h5-14H,1-3H2,4H3/b15-8-,16-10-,19-13?,20-14?. The zero-order valence-electron chi connectivity index (χ0n) is 12.2. The molecular formula is C18H19N3. The molecule has 3 nitrogen and oxygen atoms in total. The molecule has 0 saturated heterocycles. The maximum Gasteiger partial charge on any atom is 0.0894 e. The van der Waals surface area contributed by atoms with Crippen LogP contribution < -0.4 is 0 Å². The highest BCUT2D eigenvalue weighted by Gasteiger charge is 2.05. The Bertz CT molecular complexity index is 632. The van der Waals surface area contributed by atoms with Crippen molar-refractivity contribution in [3.05, 3.63) is 79.7 Å². The Hall–Kier alpha value is -2.81. The van der Waals surface area contributed by atoms with Crippen LogP contribution in [-0.4, -0.2) is 17.4 Å². The van der Waals surface area contributed by atoms with Crippen LogP contribution in [0.3, 0.4) is 0 Å². The first-order valence-electron chi connectivity index (χ1n) is 6.53. The van der Waals surface area contributed by atoms with Crippen molar-refractivity contribution >= 4 is 23.8 Å². The highest BCUT2D eigenvalue weighted by atomic mass is 14.9. The van der Waals surface area contributed by atoms with Crippen molar-refractivity contribution in [3.8, 4) is 0 Å². The van der Waals surface area contributed by atoms with Crippen LogP contribution in [0.1, 0.15) is 18.3 Å². The first-order chi connectivity index (χ1) is 10.3. The van der Waals surface area contributed by atoms with Crippen LogP contribution in [-0.2, 0) is 0 Å². The van der Waals surface area contributed by atoms with Crippen molar-refractivity contribution in [2.45, 2.75) is 6.92 Å². The second kappa shape index (κ2) is 9.15. The molecule has 0 radical (unpaired) electrons. The lowest BCUT2D eigenvalue weighted by molar-refractivity contribution is 1.20. The Morgan fingerprint density at radius 3 is 2.05 bits per heavy atom. The molecule has 3 heteroatoms. The summed E-state index contributed by atoms with van der Waals surface area (Å²) in [6.45, 7) is 12.9. The first-order valence-corrected chi connectivity index (χ1v) is 6.53. The predicted octanol–water partition coefficient (Wildman–Crippen LogP) is 4.48. The van der Waals surface area contributed by atoms with Gasteiger partial charge in [0.15, 0.2) is 0 Å². The van der Waals surface area contributed by atoms with E-state index in [9.17, 15) is 0 Å². The summed E-state index contributed by atoms with van der Waals surface area (Å²) in [7, 11) is 0. The molecule has 0 bridgehead atoms.